The van der Waals surface area contributed by atoms with Crippen LogP contribution in [0.4, 0.5) is 5.69 Å². The van der Waals surface area contributed by atoms with Crippen LogP contribution in [-0.4, -0.2) is 22.9 Å². The monoisotopic (exact) mass is 332 g/mol. The number of aryl methyl sites for hydroxylation is 1. The third-order valence-electron chi connectivity index (χ3n) is 3.31. The maximum absolute atomic E-state index is 12.0. The van der Waals surface area contributed by atoms with Crippen LogP contribution in [0.1, 0.15) is 28.6 Å². The molecule has 2 aromatic rings. The quantitative estimate of drug-likeness (QED) is 0.494. The molecule has 0 saturated carbocycles. The Hall–Kier alpha value is -3.16. The molecule has 0 radical (unpaired) electrons. The fourth-order valence-electron chi connectivity index (χ4n) is 1.95. The zero-order chi connectivity index (χ0) is 17.7. The largest absolute Gasteiger partial charge is 0.467 e. The van der Waals surface area contributed by atoms with Crippen molar-refractivity contribution in [3.8, 4) is 0 Å². The predicted molar refractivity (Wildman–Crippen MR) is 83.3 cm³/mol. The predicted octanol–water partition coefficient (Wildman–Crippen LogP) is 2.36. The lowest BCUT2D eigenvalue weighted by atomic mass is 10.1. The number of hydrogen-bond acceptors (Lipinski definition) is 6. The Kier molecular flexibility index (Phi) is 5.31. The highest BCUT2D eigenvalue weighted by Gasteiger charge is 2.21. The van der Waals surface area contributed by atoms with E-state index in [9.17, 15) is 19.7 Å². The number of ether oxygens (including phenoxy) is 1. The summed E-state index contributed by atoms with van der Waals surface area (Å²) in [5, 5.41) is 13.5. The number of nitrogens with zero attached hydrogens (tertiary/aromatic N) is 1. The van der Waals surface area contributed by atoms with Crippen LogP contribution in [0.2, 0.25) is 0 Å². The Balaban J connectivity index is 1.96. The van der Waals surface area contributed by atoms with Crippen molar-refractivity contribution in [2.24, 2.45) is 0 Å². The molecule has 2 rings (SSSR count). The fraction of sp³-hybridized carbons (Fsp3) is 0.250. The van der Waals surface area contributed by atoms with Gasteiger partial charge in [-0.2, -0.15) is 0 Å². The van der Waals surface area contributed by atoms with Gasteiger partial charge in [0.1, 0.15) is 5.76 Å². The van der Waals surface area contributed by atoms with Gasteiger partial charge in [-0.1, -0.05) is 6.07 Å². The van der Waals surface area contributed by atoms with Gasteiger partial charge < -0.3 is 14.5 Å². The zero-order valence-corrected chi connectivity index (χ0v) is 13.1. The van der Waals surface area contributed by atoms with Crippen LogP contribution in [0, 0.1) is 17.0 Å². The Morgan fingerprint density at radius 1 is 1.38 bits per heavy atom. The lowest BCUT2D eigenvalue weighted by Gasteiger charge is -2.13. The lowest BCUT2D eigenvalue weighted by Crippen LogP contribution is -2.35. The van der Waals surface area contributed by atoms with Crippen LogP contribution in [0.25, 0.3) is 0 Å². The second kappa shape index (κ2) is 7.40. The SMILES string of the molecule is Cc1ccc(C(=O)OC(C)C(=O)NCc2ccco2)cc1[N+](=O)[O-]. The van der Waals surface area contributed by atoms with Gasteiger partial charge in [0.15, 0.2) is 6.10 Å². The Bertz CT molecular complexity index is 754. The number of amides is 1. The number of carbonyl (C=O) groups excluding carboxylic acids is 2. The van der Waals surface area contributed by atoms with E-state index in [1.165, 1.54) is 25.3 Å². The zero-order valence-electron chi connectivity index (χ0n) is 13.1. The normalized spacial score (nSPS) is 11.6. The van der Waals surface area contributed by atoms with Gasteiger partial charge in [-0.25, -0.2) is 4.79 Å². The van der Waals surface area contributed by atoms with Crippen molar-refractivity contribution in [2.45, 2.75) is 26.5 Å². The summed E-state index contributed by atoms with van der Waals surface area (Å²) in [4.78, 5) is 34.3. The average molecular weight is 332 g/mol. The minimum absolute atomic E-state index is 0.0120. The summed E-state index contributed by atoms with van der Waals surface area (Å²) >= 11 is 0. The van der Waals surface area contributed by atoms with Crippen molar-refractivity contribution in [1.82, 2.24) is 5.32 Å². The van der Waals surface area contributed by atoms with Crippen molar-refractivity contribution in [1.29, 1.82) is 0 Å². The summed E-state index contributed by atoms with van der Waals surface area (Å²) in [6.45, 7) is 3.15. The van der Waals surface area contributed by atoms with E-state index >= 15 is 0 Å². The first-order valence-corrected chi connectivity index (χ1v) is 7.14. The second-order valence-corrected chi connectivity index (χ2v) is 5.10. The van der Waals surface area contributed by atoms with Crippen molar-refractivity contribution in [3.63, 3.8) is 0 Å². The second-order valence-electron chi connectivity index (χ2n) is 5.10. The fourth-order valence-corrected chi connectivity index (χ4v) is 1.95. The van der Waals surface area contributed by atoms with Gasteiger partial charge in [0.25, 0.3) is 11.6 Å². The number of benzene rings is 1. The lowest BCUT2D eigenvalue weighted by molar-refractivity contribution is -0.385. The molecule has 1 atom stereocenters. The minimum atomic E-state index is -1.05. The van der Waals surface area contributed by atoms with Gasteiger partial charge >= 0.3 is 5.97 Å². The van der Waals surface area contributed by atoms with Crippen LogP contribution >= 0.6 is 0 Å². The van der Waals surface area contributed by atoms with Gasteiger partial charge in [-0.05, 0) is 32.0 Å². The Labute approximate surface area is 137 Å². The molecule has 8 heteroatoms. The highest BCUT2D eigenvalue weighted by molar-refractivity contribution is 5.92. The van der Waals surface area contributed by atoms with E-state index in [4.69, 9.17) is 9.15 Å². The maximum atomic E-state index is 12.0. The summed E-state index contributed by atoms with van der Waals surface area (Å²) in [5.41, 5.74) is 0.262. The first kappa shape index (κ1) is 17.2. The van der Waals surface area contributed by atoms with Crippen LogP contribution in [0.5, 0.6) is 0 Å². The van der Waals surface area contributed by atoms with E-state index in [0.29, 0.717) is 11.3 Å². The highest BCUT2D eigenvalue weighted by atomic mass is 16.6. The third kappa shape index (κ3) is 4.19. The van der Waals surface area contributed by atoms with Crippen molar-refractivity contribution in [3.05, 3.63) is 63.6 Å². The molecule has 1 aromatic heterocycles. The summed E-state index contributed by atoms with van der Waals surface area (Å²) in [7, 11) is 0. The topological polar surface area (TPSA) is 112 Å². The van der Waals surface area contributed by atoms with Gasteiger partial charge in [-0.15, -0.1) is 0 Å². The van der Waals surface area contributed by atoms with E-state index in [1.807, 2.05) is 0 Å². The van der Waals surface area contributed by atoms with Gasteiger partial charge in [0.05, 0.1) is 23.3 Å². The van der Waals surface area contributed by atoms with E-state index in [-0.39, 0.29) is 17.8 Å². The maximum Gasteiger partial charge on any atom is 0.339 e. The molecule has 0 aliphatic carbocycles. The van der Waals surface area contributed by atoms with E-state index in [1.54, 1.807) is 19.1 Å². The smallest absolute Gasteiger partial charge is 0.339 e. The molecule has 0 fully saturated rings. The number of nitrogens with one attached hydrogen (secondary N) is 1. The number of nitro groups is 1. The first-order chi connectivity index (χ1) is 11.4. The molecule has 1 unspecified atom stereocenters. The number of rotatable bonds is 6. The molecule has 1 heterocycles. The standard InChI is InChI=1S/C16H16N2O6/c1-10-5-6-12(8-14(10)18(21)22)16(20)24-11(2)15(19)17-9-13-4-3-7-23-13/h3-8,11H,9H2,1-2H3,(H,17,19). The van der Waals surface area contributed by atoms with E-state index in [2.05, 4.69) is 5.32 Å². The molecule has 126 valence electrons. The van der Waals surface area contributed by atoms with Crippen molar-refractivity contribution in [2.75, 3.05) is 0 Å². The summed E-state index contributed by atoms with van der Waals surface area (Å²) in [6.07, 6.45) is 0.433. The van der Waals surface area contributed by atoms with Crippen molar-refractivity contribution < 1.29 is 23.7 Å². The molecule has 1 amide bonds. The molecule has 8 nitrogen and oxygen atoms in total. The first-order valence-electron chi connectivity index (χ1n) is 7.14. The Morgan fingerprint density at radius 3 is 2.75 bits per heavy atom. The molecule has 0 saturated heterocycles. The summed E-state index contributed by atoms with van der Waals surface area (Å²) in [6, 6.07) is 7.39. The van der Waals surface area contributed by atoms with E-state index in [0.717, 1.165) is 6.07 Å². The summed E-state index contributed by atoms with van der Waals surface area (Å²) < 4.78 is 10.1. The van der Waals surface area contributed by atoms with Crippen LogP contribution < -0.4 is 5.32 Å². The molecule has 1 aromatic carbocycles. The average Bonchev–Trinajstić information content (AvgIpc) is 3.05. The molecule has 24 heavy (non-hydrogen) atoms. The molecule has 0 aliphatic heterocycles. The van der Waals surface area contributed by atoms with E-state index < -0.39 is 22.9 Å². The number of hydrogen-bond donors (Lipinski definition) is 1. The third-order valence-corrected chi connectivity index (χ3v) is 3.31. The molecule has 0 spiro atoms. The number of carbonyl (C=O) groups is 2. The molecule has 1 N–H and O–H groups in total. The minimum Gasteiger partial charge on any atom is -0.467 e. The molecule has 0 bridgehead atoms. The number of esters is 1. The van der Waals surface area contributed by atoms with Gasteiger partial charge in [0.2, 0.25) is 0 Å². The molecule has 0 aliphatic rings. The highest BCUT2D eigenvalue weighted by Crippen LogP contribution is 2.20. The molecular weight excluding hydrogens is 316 g/mol. The number of furan rings is 1. The van der Waals surface area contributed by atoms with Crippen LogP contribution in [0.3, 0.4) is 0 Å². The summed E-state index contributed by atoms with van der Waals surface area (Å²) in [5.74, 6) is -0.740. The van der Waals surface area contributed by atoms with Gasteiger partial charge in [-0.3, -0.25) is 14.9 Å². The Morgan fingerprint density at radius 2 is 2.12 bits per heavy atom. The van der Waals surface area contributed by atoms with Crippen molar-refractivity contribution >= 4 is 17.6 Å². The van der Waals surface area contributed by atoms with Crippen LogP contribution in [0.15, 0.2) is 41.0 Å². The van der Waals surface area contributed by atoms with Gasteiger partial charge in [0, 0.05) is 11.6 Å². The molecular formula is C16H16N2O6. The number of nitro benzene ring substituents is 1. The van der Waals surface area contributed by atoms with Crippen LogP contribution in [-0.2, 0) is 16.1 Å².